The molecule has 0 aromatic heterocycles. The number of rotatable bonds is 3. The molecule has 27 heavy (non-hydrogen) atoms. The van der Waals surface area contributed by atoms with Crippen molar-refractivity contribution in [2.75, 3.05) is 32.7 Å². The Bertz CT molecular complexity index is 594. The van der Waals surface area contributed by atoms with Crippen LogP contribution in [0.2, 0.25) is 0 Å². The van der Waals surface area contributed by atoms with E-state index < -0.39 is 17.6 Å². The number of carbonyl (C=O) groups excluding carboxylic acids is 2. The van der Waals surface area contributed by atoms with Gasteiger partial charge in [-0.25, -0.2) is 4.79 Å². The predicted octanol–water partition coefficient (Wildman–Crippen LogP) is 0.518. The van der Waals surface area contributed by atoms with Crippen LogP contribution in [-0.4, -0.2) is 84.3 Å². The minimum Gasteiger partial charge on any atom is -0.444 e. The maximum atomic E-state index is 12.2. The third kappa shape index (κ3) is 5.59. The number of ether oxygens (including phenoxy) is 2. The van der Waals surface area contributed by atoms with Crippen LogP contribution in [0.5, 0.6) is 0 Å². The molecule has 9 nitrogen and oxygen atoms in total. The quantitative estimate of drug-likeness (QED) is 0.553. The first-order valence-electron chi connectivity index (χ1n) is 9.20. The monoisotopic (exact) mass is 495 g/mol. The van der Waals surface area contributed by atoms with Crippen molar-refractivity contribution in [3.63, 3.8) is 0 Å². The fourth-order valence-electron chi connectivity index (χ4n) is 3.49. The summed E-state index contributed by atoms with van der Waals surface area (Å²) in [6, 6.07) is 0.168. The van der Waals surface area contributed by atoms with Crippen LogP contribution in [0.1, 0.15) is 33.6 Å². The van der Waals surface area contributed by atoms with Gasteiger partial charge in [0.1, 0.15) is 11.7 Å². The molecule has 2 amide bonds. The molecule has 0 aromatic carbocycles. The van der Waals surface area contributed by atoms with Gasteiger partial charge in [0.15, 0.2) is 5.96 Å². The van der Waals surface area contributed by atoms with Gasteiger partial charge in [-0.3, -0.25) is 9.79 Å². The molecule has 3 aliphatic heterocycles. The number of halogens is 1. The van der Waals surface area contributed by atoms with Crippen molar-refractivity contribution in [1.82, 2.24) is 15.1 Å². The average molecular weight is 495 g/mol. The van der Waals surface area contributed by atoms with Crippen LogP contribution >= 0.6 is 24.0 Å². The van der Waals surface area contributed by atoms with E-state index in [9.17, 15) is 9.59 Å². The molecular formula is C17H30IN5O4. The zero-order chi connectivity index (χ0) is 18.9. The number of nitrogens with zero attached hydrogens (tertiary/aromatic N) is 3. The first kappa shape index (κ1) is 22.0. The molecule has 0 aliphatic carbocycles. The second-order valence-electron chi connectivity index (χ2n) is 8.05. The normalized spacial score (nSPS) is 27.5. The molecule has 0 spiro atoms. The SMILES string of the molecule is CC(C)(C)OC(=O)N1CCN2C(NCC3CCC(C(N)=O)O3)=NCC2C1.I. The lowest BCUT2D eigenvalue weighted by Crippen LogP contribution is -2.58. The summed E-state index contributed by atoms with van der Waals surface area (Å²) in [7, 11) is 0. The van der Waals surface area contributed by atoms with E-state index in [0.29, 0.717) is 39.1 Å². The van der Waals surface area contributed by atoms with Crippen molar-refractivity contribution in [3.8, 4) is 0 Å². The molecule has 2 saturated heterocycles. The molecule has 3 heterocycles. The minimum atomic E-state index is -0.489. The van der Waals surface area contributed by atoms with Gasteiger partial charge in [-0.05, 0) is 33.6 Å². The van der Waals surface area contributed by atoms with E-state index in [4.69, 9.17) is 15.2 Å². The summed E-state index contributed by atoms with van der Waals surface area (Å²) in [6.45, 7) is 8.79. The molecule has 154 valence electrons. The molecule has 0 radical (unpaired) electrons. The molecule has 3 rings (SSSR count). The lowest BCUT2D eigenvalue weighted by Gasteiger charge is -2.39. The first-order valence-corrected chi connectivity index (χ1v) is 9.20. The van der Waals surface area contributed by atoms with E-state index >= 15 is 0 Å². The number of guanidine groups is 1. The Labute approximate surface area is 177 Å². The van der Waals surface area contributed by atoms with Gasteiger partial charge in [0, 0.05) is 26.2 Å². The molecule has 2 fully saturated rings. The average Bonchev–Trinajstić information content (AvgIpc) is 3.17. The summed E-state index contributed by atoms with van der Waals surface area (Å²) in [5.74, 6) is 0.439. The highest BCUT2D eigenvalue weighted by atomic mass is 127. The summed E-state index contributed by atoms with van der Waals surface area (Å²) in [5.41, 5.74) is 4.79. The van der Waals surface area contributed by atoms with Crippen molar-refractivity contribution in [2.45, 2.75) is 57.5 Å². The number of nitrogens with one attached hydrogen (secondary N) is 1. The van der Waals surface area contributed by atoms with Crippen molar-refractivity contribution in [2.24, 2.45) is 10.7 Å². The Hall–Kier alpha value is -1.30. The summed E-state index contributed by atoms with van der Waals surface area (Å²) in [4.78, 5) is 31.9. The Morgan fingerprint density at radius 1 is 1.33 bits per heavy atom. The summed E-state index contributed by atoms with van der Waals surface area (Å²) in [5, 5.41) is 3.33. The largest absolute Gasteiger partial charge is 0.444 e. The van der Waals surface area contributed by atoms with E-state index in [-0.39, 0.29) is 42.2 Å². The van der Waals surface area contributed by atoms with Gasteiger partial charge in [-0.2, -0.15) is 0 Å². The highest BCUT2D eigenvalue weighted by Crippen LogP contribution is 2.21. The number of nitrogens with two attached hydrogens (primary N) is 1. The van der Waals surface area contributed by atoms with Crippen LogP contribution in [0, 0.1) is 0 Å². The van der Waals surface area contributed by atoms with Crippen LogP contribution in [-0.2, 0) is 14.3 Å². The lowest BCUT2D eigenvalue weighted by atomic mass is 10.2. The van der Waals surface area contributed by atoms with Gasteiger partial charge in [-0.1, -0.05) is 0 Å². The number of piperazine rings is 1. The van der Waals surface area contributed by atoms with E-state index in [1.54, 1.807) is 4.90 Å². The molecule has 3 atom stereocenters. The van der Waals surface area contributed by atoms with E-state index in [1.165, 1.54) is 0 Å². The van der Waals surface area contributed by atoms with Crippen molar-refractivity contribution in [3.05, 3.63) is 0 Å². The number of amides is 2. The molecule has 0 saturated carbocycles. The lowest BCUT2D eigenvalue weighted by molar-refractivity contribution is -0.128. The van der Waals surface area contributed by atoms with Crippen LogP contribution in [0.4, 0.5) is 4.79 Å². The second-order valence-corrected chi connectivity index (χ2v) is 8.05. The smallest absolute Gasteiger partial charge is 0.410 e. The molecule has 10 heteroatoms. The number of carbonyl (C=O) groups is 2. The van der Waals surface area contributed by atoms with Crippen molar-refractivity contribution in [1.29, 1.82) is 0 Å². The fraction of sp³-hybridized carbons (Fsp3) is 0.824. The van der Waals surface area contributed by atoms with Crippen LogP contribution in [0.25, 0.3) is 0 Å². The third-order valence-corrected chi connectivity index (χ3v) is 4.77. The third-order valence-electron chi connectivity index (χ3n) is 4.77. The number of hydrogen-bond donors (Lipinski definition) is 2. The summed E-state index contributed by atoms with van der Waals surface area (Å²) < 4.78 is 11.1. The second kappa shape index (κ2) is 8.80. The number of hydrogen-bond acceptors (Lipinski definition) is 7. The van der Waals surface area contributed by atoms with Gasteiger partial charge in [-0.15, -0.1) is 24.0 Å². The highest BCUT2D eigenvalue weighted by molar-refractivity contribution is 14.0. The standard InChI is InChI=1S/C17H29N5O4.HI/c1-17(2,3)26-16(24)21-6-7-22-11(10-21)8-19-15(22)20-9-12-4-5-13(25-12)14(18)23;/h11-13H,4-10H2,1-3H3,(H2,18,23)(H,19,20);1H. The molecular weight excluding hydrogens is 465 g/mol. The minimum absolute atomic E-state index is 0. The Kier molecular flexibility index (Phi) is 7.17. The maximum Gasteiger partial charge on any atom is 0.410 e. The van der Waals surface area contributed by atoms with Gasteiger partial charge >= 0.3 is 6.09 Å². The molecule has 3 aliphatic rings. The molecule has 0 aromatic rings. The first-order chi connectivity index (χ1) is 12.2. The molecule has 0 bridgehead atoms. The Morgan fingerprint density at radius 2 is 2.07 bits per heavy atom. The maximum absolute atomic E-state index is 12.2. The Morgan fingerprint density at radius 3 is 2.70 bits per heavy atom. The number of aliphatic imine (C=N–C) groups is 1. The molecule has 3 N–H and O–H groups in total. The van der Waals surface area contributed by atoms with E-state index in [2.05, 4.69) is 15.2 Å². The molecule has 3 unspecified atom stereocenters. The highest BCUT2D eigenvalue weighted by Gasteiger charge is 2.37. The van der Waals surface area contributed by atoms with Gasteiger partial charge in [0.25, 0.3) is 0 Å². The number of fused-ring (bicyclic) bond motifs is 1. The predicted molar refractivity (Wildman–Crippen MR) is 111 cm³/mol. The van der Waals surface area contributed by atoms with E-state index in [1.807, 2.05) is 20.8 Å². The van der Waals surface area contributed by atoms with Crippen LogP contribution in [0.15, 0.2) is 4.99 Å². The van der Waals surface area contributed by atoms with Gasteiger partial charge < -0.3 is 30.3 Å². The van der Waals surface area contributed by atoms with Gasteiger partial charge in [0.05, 0.1) is 18.7 Å². The zero-order valence-corrected chi connectivity index (χ0v) is 18.5. The van der Waals surface area contributed by atoms with Crippen molar-refractivity contribution < 1.29 is 19.1 Å². The van der Waals surface area contributed by atoms with Gasteiger partial charge in [0.2, 0.25) is 5.91 Å². The number of primary amides is 1. The van der Waals surface area contributed by atoms with Crippen molar-refractivity contribution >= 4 is 41.9 Å². The van der Waals surface area contributed by atoms with Crippen LogP contribution in [0.3, 0.4) is 0 Å². The summed E-state index contributed by atoms with van der Waals surface area (Å²) in [6.07, 6.45) is 0.708. The topological polar surface area (TPSA) is 109 Å². The zero-order valence-electron chi connectivity index (χ0n) is 16.1. The Balaban J connectivity index is 0.00000261. The van der Waals surface area contributed by atoms with Crippen LogP contribution < -0.4 is 11.1 Å². The van der Waals surface area contributed by atoms with E-state index in [0.717, 1.165) is 12.4 Å². The fourth-order valence-corrected chi connectivity index (χ4v) is 3.49. The summed E-state index contributed by atoms with van der Waals surface area (Å²) >= 11 is 0.